The molecule has 90 valence electrons. The van der Waals surface area contributed by atoms with Crippen LogP contribution in [-0.2, 0) is 9.53 Å². The molecule has 0 aliphatic carbocycles. The summed E-state index contributed by atoms with van der Waals surface area (Å²) in [5.74, 6) is -0.867. The van der Waals surface area contributed by atoms with Crippen LogP contribution in [-0.4, -0.2) is 46.7 Å². The maximum Gasteiger partial charge on any atom is 0.303 e. The summed E-state index contributed by atoms with van der Waals surface area (Å²) >= 11 is 17.1. The lowest BCUT2D eigenvalue weighted by atomic mass is 10.3. The van der Waals surface area contributed by atoms with E-state index in [1.807, 2.05) is 0 Å². The molecule has 0 saturated carbocycles. The largest absolute Gasteiger partial charge is 0.481 e. The first-order valence-electron chi connectivity index (χ1n) is 4.31. The number of carboxylic acid groups (broad SMARTS) is 1. The van der Waals surface area contributed by atoms with Crippen molar-refractivity contribution in [2.24, 2.45) is 0 Å². The lowest BCUT2D eigenvalue weighted by molar-refractivity contribution is -0.137. The Morgan fingerprint density at radius 1 is 1.47 bits per heavy atom. The van der Waals surface area contributed by atoms with Gasteiger partial charge in [0.25, 0.3) is 0 Å². The van der Waals surface area contributed by atoms with Gasteiger partial charge in [0.05, 0.1) is 0 Å². The molecule has 0 rings (SSSR count). The predicted octanol–water partition coefficient (Wildman–Crippen LogP) is 2.13. The number of hydrogen-bond acceptors (Lipinski definition) is 3. The van der Waals surface area contributed by atoms with E-state index in [-0.39, 0.29) is 13.0 Å². The van der Waals surface area contributed by atoms with E-state index in [1.54, 1.807) is 19.0 Å². The first-order chi connectivity index (χ1) is 6.75. The third-order valence-electron chi connectivity index (χ3n) is 1.56. The molecular weight excluding hydrogens is 264 g/mol. The summed E-state index contributed by atoms with van der Waals surface area (Å²) in [6.45, 7) is 0.239. The van der Waals surface area contributed by atoms with Crippen molar-refractivity contribution in [3.8, 4) is 0 Å². The van der Waals surface area contributed by atoms with E-state index in [0.29, 0.717) is 6.42 Å². The van der Waals surface area contributed by atoms with Gasteiger partial charge in [0.15, 0.2) is 6.23 Å². The van der Waals surface area contributed by atoms with Crippen LogP contribution in [0.3, 0.4) is 0 Å². The van der Waals surface area contributed by atoms with E-state index in [4.69, 9.17) is 44.6 Å². The van der Waals surface area contributed by atoms with Crippen LogP contribution in [0.1, 0.15) is 12.8 Å². The SMILES string of the molecule is CN(C)[C@@H](OCCCC(=O)O)C(Cl)(Cl)Cl. The van der Waals surface area contributed by atoms with Crippen molar-refractivity contribution in [3.05, 3.63) is 0 Å². The second kappa shape index (κ2) is 6.76. The Morgan fingerprint density at radius 2 is 2.00 bits per heavy atom. The van der Waals surface area contributed by atoms with Gasteiger partial charge in [0, 0.05) is 13.0 Å². The summed E-state index contributed by atoms with van der Waals surface area (Å²) < 4.78 is 3.74. The molecule has 0 aromatic rings. The van der Waals surface area contributed by atoms with Gasteiger partial charge in [-0.1, -0.05) is 34.8 Å². The molecule has 7 heteroatoms. The smallest absolute Gasteiger partial charge is 0.303 e. The van der Waals surface area contributed by atoms with Gasteiger partial charge < -0.3 is 9.84 Å². The highest BCUT2D eigenvalue weighted by Gasteiger charge is 2.35. The number of carbonyl (C=O) groups is 1. The summed E-state index contributed by atoms with van der Waals surface area (Å²) in [7, 11) is 3.42. The topological polar surface area (TPSA) is 49.8 Å². The van der Waals surface area contributed by atoms with E-state index < -0.39 is 16.0 Å². The average Bonchev–Trinajstić information content (AvgIpc) is 1.99. The number of halogens is 3. The van der Waals surface area contributed by atoms with Gasteiger partial charge in [-0.2, -0.15) is 0 Å². The van der Waals surface area contributed by atoms with E-state index in [2.05, 4.69) is 0 Å². The minimum absolute atomic E-state index is 0.0417. The van der Waals surface area contributed by atoms with Crippen LogP contribution in [0.15, 0.2) is 0 Å². The van der Waals surface area contributed by atoms with E-state index in [0.717, 1.165) is 0 Å². The lowest BCUT2D eigenvalue weighted by Gasteiger charge is -2.30. The summed E-state index contributed by atoms with van der Waals surface area (Å²) in [6.07, 6.45) is -0.253. The van der Waals surface area contributed by atoms with Crippen molar-refractivity contribution < 1.29 is 14.6 Å². The zero-order valence-electron chi connectivity index (χ0n) is 8.54. The molecule has 0 unspecified atom stereocenters. The Hall–Kier alpha value is 0.260. The molecule has 0 bridgehead atoms. The lowest BCUT2D eigenvalue weighted by Crippen LogP contribution is -2.41. The molecule has 0 aromatic heterocycles. The van der Waals surface area contributed by atoms with Crippen molar-refractivity contribution in [2.45, 2.75) is 22.9 Å². The molecular formula is C8H14Cl3NO3. The molecule has 0 aromatic carbocycles. The maximum absolute atomic E-state index is 10.2. The number of hydrogen-bond donors (Lipinski definition) is 1. The summed E-state index contributed by atoms with van der Waals surface area (Å²) in [5, 5.41) is 8.40. The fourth-order valence-corrected chi connectivity index (χ4v) is 1.73. The molecule has 0 saturated heterocycles. The van der Waals surface area contributed by atoms with Gasteiger partial charge in [-0.25, -0.2) is 0 Å². The van der Waals surface area contributed by atoms with Gasteiger partial charge in [-0.05, 0) is 20.5 Å². The van der Waals surface area contributed by atoms with E-state index >= 15 is 0 Å². The zero-order valence-corrected chi connectivity index (χ0v) is 10.8. The van der Waals surface area contributed by atoms with Gasteiger partial charge in [0.2, 0.25) is 3.79 Å². The summed E-state index contributed by atoms with van der Waals surface area (Å²) in [6, 6.07) is 0. The number of aliphatic carboxylic acids is 1. The Morgan fingerprint density at radius 3 is 2.33 bits per heavy atom. The monoisotopic (exact) mass is 277 g/mol. The van der Waals surface area contributed by atoms with E-state index in [9.17, 15) is 4.79 Å². The minimum Gasteiger partial charge on any atom is -0.481 e. The molecule has 1 atom stereocenters. The predicted molar refractivity (Wildman–Crippen MR) is 60.6 cm³/mol. The Balaban J connectivity index is 3.93. The van der Waals surface area contributed by atoms with Gasteiger partial charge in [-0.15, -0.1) is 0 Å². The van der Waals surface area contributed by atoms with Crippen molar-refractivity contribution in [1.29, 1.82) is 0 Å². The minimum atomic E-state index is -1.55. The highest BCUT2D eigenvalue weighted by molar-refractivity contribution is 6.68. The molecule has 0 heterocycles. The Labute approximate surface area is 104 Å². The van der Waals surface area contributed by atoms with Crippen molar-refractivity contribution >= 4 is 40.8 Å². The number of nitrogens with zero attached hydrogens (tertiary/aromatic N) is 1. The first-order valence-corrected chi connectivity index (χ1v) is 5.45. The van der Waals surface area contributed by atoms with Gasteiger partial charge in [0.1, 0.15) is 0 Å². The van der Waals surface area contributed by atoms with Crippen LogP contribution in [0.25, 0.3) is 0 Å². The number of ether oxygens (including phenoxy) is 1. The fourth-order valence-electron chi connectivity index (χ4n) is 0.955. The van der Waals surface area contributed by atoms with Crippen molar-refractivity contribution in [1.82, 2.24) is 4.90 Å². The standard InChI is InChI=1S/C8H14Cl3NO3/c1-12(2)7(8(9,10)11)15-5-3-4-6(13)14/h7H,3-5H2,1-2H3,(H,13,14)/t7-/m0/s1. The molecule has 0 radical (unpaired) electrons. The highest BCUT2D eigenvalue weighted by atomic mass is 35.6. The second-order valence-corrected chi connectivity index (χ2v) is 5.59. The summed E-state index contributed by atoms with van der Waals surface area (Å²) in [4.78, 5) is 11.8. The normalized spacial score (nSPS) is 14.3. The molecule has 1 N–H and O–H groups in total. The third kappa shape index (κ3) is 7.19. The van der Waals surface area contributed by atoms with Crippen LogP contribution in [0, 0.1) is 0 Å². The quantitative estimate of drug-likeness (QED) is 0.459. The molecule has 4 nitrogen and oxygen atoms in total. The average molecular weight is 279 g/mol. The molecule has 0 amide bonds. The van der Waals surface area contributed by atoms with Crippen LogP contribution in [0.2, 0.25) is 0 Å². The molecule has 0 aliphatic rings. The maximum atomic E-state index is 10.2. The highest BCUT2D eigenvalue weighted by Crippen LogP contribution is 2.33. The molecule has 0 aliphatic heterocycles. The van der Waals surface area contributed by atoms with Crippen LogP contribution < -0.4 is 0 Å². The Bertz CT molecular complexity index is 206. The van der Waals surface area contributed by atoms with Crippen molar-refractivity contribution in [3.63, 3.8) is 0 Å². The Kier molecular flexibility index (Phi) is 6.88. The first kappa shape index (κ1) is 15.3. The number of rotatable bonds is 6. The zero-order chi connectivity index (χ0) is 12.1. The van der Waals surface area contributed by atoms with E-state index in [1.165, 1.54) is 0 Å². The fraction of sp³-hybridized carbons (Fsp3) is 0.875. The molecule has 15 heavy (non-hydrogen) atoms. The van der Waals surface area contributed by atoms with Gasteiger partial charge in [-0.3, -0.25) is 9.69 Å². The van der Waals surface area contributed by atoms with Crippen LogP contribution >= 0.6 is 34.8 Å². The molecule has 0 spiro atoms. The summed E-state index contributed by atoms with van der Waals surface area (Å²) in [5.41, 5.74) is 0. The van der Waals surface area contributed by atoms with Crippen LogP contribution in [0.5, 0.6) is 0 Å². The van der Waals surface area contributed by atoms with Crippen LogP contribution in [0.4, 0.5) is 0 Å². The second-order valence-electron chi connectivity index (χ2n) is 3.23. The number of alkyl halides is 3. The molecule has 0 fully saturated rings. The third-order valence-corrected chi connectivity index (χ3v) is 2.12. The van der Waals surface area contributed by atoms with Gasteiger partial charge >= 0.3 is 5.97 Å². The van der Waals surface area contributed by atoms with Crippen molar-refractivity contribution in [2.75, 3.05) is 20.7 Å². The number of carboxylic acids is 1.